The van der Waals surface area contributed by atoms with E-state index in [1.54, 1.807) is 24.3 Å². The van der Waals surface area contributed by atoms with E-state index in [4.69, 9.17) is 0 Å². The minimum atomic E-state index is -3.09. The zero-order valence-electron chi connectivity index (χ0n) is 9.59. The first-order valence-corrected chi connectivity index (χ1v) is 7.44. The van der Waals surface area contributed by atoms with E-state index in [1.807, 2.05) is 6.07 Å². The lowest BCUT2D eigenvalue weighted by Crippen LogP contribution is -2.27. The monoisotopic (exact) mass is 238 g/mol. The van der Waals surface area contributed by atoms with E-state index in [2.05, 4.69) is 6.92 Å². The third-order valence-electron chi connectivity index (χ3n) is 3.40. The molecule has 16 heavy (non-hydrogen) atoms. The molecule has 2 rings (SSSR count). The van der Waals surface area contributed by atoms with Crippen LogP contribution in [0.25, 0.3) is 0 Å². The molecule has 1 aromatic carbocycles. The Labute approximate surface area is 97.6 Å². The van der Waals surface area contributed by atoms with Crippen LogP contribution in [0.1, 0.15) is 32.6 Å². The molecular weight excluding hydrogens is 220 g/mol. The molecule has 0 aliphatic heterocycles. The third kappa shape index (κ3) is 2.29. The van der Waals surface area contributed by atoms with Crippen molar-refractivity contribution in [3.63, 3.8) is 0 Å². The lowest BCUT2D eigenvalue weighted by molar-refractivity contribution is 0.382. The fraction of sp³-hybridized carbons (Fsp3) is 0.538. The molecule has 1 aromatic rings. The number of hydrogen-bond acceptors (Lipinski definition) is 2. The Morgan fingerprint density at radius 2 is 1.81 bits per heavy atom. The van der Waals surface area contributed by atoms with Crippen molar-refractivity contribution in [2.24, 2.45) is 5.92 Å². The highest BCUT2D eigenvalue weighted by molar-refractivity contribution is 7.92. The Balaban J connectivity index is 2.26. The van der Waals surface area contributed by atoms with Crippen LogP contribution < -0.4 is 0 Å². The van der Waals surface area contributed by atoms with E-state index in [-0.39, 0.29) is 5.25 Å². The molecular formula is C13H18O2S. The predicted octanol–water partition coefficient (Wildman–Crippen LogP) is 3.04. The lowest BCUT2D eigenvalue weighted by atomic mass is 9.91. The van der Waals surface area contributed by atoms with E-state index in [9.17, 15) is 8.42 Å². The summed E-state index contributed by atoms with van der Waals surface area (Å²) in [6.07, 6.45) is 3.84. The largest absolute Gasteiger partial charge is 0.223 e. The molecule has 3 heteroatoms. The van der Waals surface area contributed by atoms with Crippen LogP contribution in [-0.4, -0.2) is 13.7 Å². The minimum Gasteiger partial charge on any atom is -0.223 e. The van der Waals surface area contributed by atoms with Gasteiger partial charge < -0.3 is 0 Å². The van der Waals surface area contributed by atoms with Crippen molar-refractivity contribution < 1.29 is 8.42 Å². The summed E-state index contributed by atoms with van der Waals surface area (Å²) in [6.45, 7) is 2.15. The van der Waals surface area contributed by atoms with Crippen LogP contribution in [0.2, 0.25) is 0 Å². The molecule has 2 nitrogen and oxygen atoms in total. The summed E-state index contributed by atoms with van der Waals surface area (Å²) in [5, 5.41) is -0.168. The second-order valence-corrected chi connectivity index (χ2v) is 6.98. The van der Waals surface area contributed by atoms with E-state index >= 15 is 0 Å². The average molecular weight is 238 g/mol. The molecule has 0 amide bonds. The summed E-state index contributed by atoms with van der Waals surface area (Å²) >= 11 is 0. The van der Waals surface area contributed by atoms with Gasteiger partial charge in [-0.15, -0.1) is 0 Å². The van der Waals surface area contributed by atoms with Crippen LogP contribution in [0, 0.1) is 5.92 Å². The molecule has 1 fully saturated rings. The first-order chi connectivity index (χ1) is 7.60. The number of rotatable bonds is 2. The van der Waals surface area contributed by atoms with Crippen molar-refractivity contribution in [1.29, 1.82) is 0 Å². The highest BCUT2D eigenvalue weighted by Crippen LogP contribution is 2.31. The summed E-state index contributed by atoms with van der Waals surface area (Å²) in [6, 6.07) is 8.84. The van der Waals surface area contributed by atoms with Gasteiger partial charge in [-0.2, -0.15) is 0 Å². The number of benzene rings is 1. The van der Waals surface area contributed by atoms with Gasteiger partial charge in [-0.25, -0.2) is 8.42 Å². The first-order valence-electron chi connectivity index (χ1n) is 5.89. The average Bonchev–Trinajstić information content (AvgIpc) is 2.30. The SMILES string of the molecule is C[C@@H]1CCC[C@H](S(=O)(=O)c2ccccc2)C1. The fourth-order valence-corrected chi connectivity index (χ4v) is 4.44. The molecule has 1 saturated carbocycles. The molecule has 2 atom stereocenters. The first kappa shape index (κ1) is 11.6. The highest BCUT2D eigenvalue weighted by Gasteiger charge is 2.31. The Kier molecular flexibility index (Phi) is 3.33. The maximum Gasteiger partial charge on any atom is 0.181 e. The molecule has 88 valence electrons. The maximum absolute atomic E-state index is 12.3. The molecule has 1 aliphatic rings. The number of sulfone groups is 1. The van der Waals surface area contributed by atoms with Gasteiger partial charge in [0.25, 0.3) is 0 Å². The Morgan fingerprint density at radius 3 is 2.44 bits per heavy atom. The quantitative estimate of drug-likeness (QED) is 0.793. The highest BCUT2D eigenvalue weighted by atomic mass is 32.2. The van der Waals surface area contributed by atoms with E-state index in [0.29, 0.717) is 10.8 Å². The fourth-order valence-electron chi connectivity index (χ4n) is 2.46. The van der Waals surface area contributed by atoms with Gasteiger partial charge in [0.15, 0.2) is 9.84 Å². The van der Waals surface area contributed by atoms with Crippen LogP contribution in [0.3, 0.4) is 0 Å². The summed E-state index contributed by atoms with van der Waals surface area (Å²) in [5.41, 5.74) is 0. The van der Waals surface area contributed by atoms with Crippen molar-refractivity contribution in [1.82, 2.24) is 0 Å². The summed E-state index contributed by atoms with van der Waals surface area (Å²) in [7, 11) is -3.09. The predicted molar refractivity (Wildman–Crippen MR) is 65.0 cm³/mol. The van der Waals surface area contributed by atoms with Crippen molar-refractivity contribution >= 4 is 9.84 Å². The van der Waals surface area contributed by atoms with Crippen LogP contribution in [0.4, 0.5) is 0 Å². The minimum absolute atomic E-state index is 0.168. The molecule has 0 spiro atoms. The molecule has 0 saturated heterocycles. The van der Waals surface area contributed by atoms with Crippen LogP contribution in [0.15, 0.2) is 35.2 Å². The molecule has 0 unspecified atom stereocenters. The normalized spacial score (nSPS) is 26.6. The van der Waals surface area contributed by atoms with Gasteiger partial charge in [0, 0.05) is 0 Å². The second-order valence-electron chi connectivity index (χ2n) is 4.75. The van der Waals surface area contributed by atoms with Crippen LogP contribution in [-0.2, 0) is 9.84 Å². The maximum atomic E-state index is 12.3. The van der Waals surface area contributed by atoms with Gasteiger partial charge in [0.05, 0.1) is 10.1 Å². The van der Waals surface area contributed by atoms with Gasteiger partial charge in [0.1, 0.15) is 0 Å². The van der Waals surface area contributed by atoms with Crippen molar-refractivity contribution in [2.75, 3.05) is 0 Å². The molecule has 0 aromatic heterocycles. The van der Waals surface area contributed by atoms with Crippen LogP contribution in [0.5, 0.6) is 0 Å². The Bertz CT molecular complexity index is 436. The molecule has 0 N–H and O–H groups in total. The smallest absolute Gasteiger partial charge is 0.181 e. The zero-order valence-corrected chi connectivity index (χ0v) is 10.4. The molecule has 1 aliphatic carbocycles. The van der Waals surface area contributed by atoms with Gasteiger partial charge in [-0.3, -0.25) is 0 Å². The molecule has 0 bridgehead atoms. The summed E-state index contributed by atoms with van der Waals surface area (Å²) < 4.78 is 24.7. The topological polar surface area (TPSA) is 34.1 Å². The van der Waals surface area contributed by atoms with Crippen molar-refractivity contribution in [3.05, 3.63) is 30.3 Å². The van der Waals surface area contributed by atoms with Crippen molar-refractivity contribution in [2.45, 2.75) is 42.8 Å². The zero-order chi connectivity index (χ0) is 11.6. The van der Waals surface area contributed by atoms with E-state index in [0.717, 1.165) is 19.3 Å². The summed E-state index contributed by atoms with van der Waals surface area (Å²) in [4.78, 5) is 0.481. The van der Waals surface area contributed by atoms with Gasteiger partial charge in [-0.1, -0.05) is 38.0 Å². The van der Waals surface area contributed by atoms with Gasteiger partial charge in [0.2, 0.25) is 0 Å². The molecule has 0 heterocycles. The number of hydrogen-bond donors (Lipinski definition) is 0. The second kappa shape index (κ2) is 4.58. The van der Waals surface area contributed by atoms with E-state index < -0.39 is 9.84 Å². The van der Waals surface area contributed by atoms with E-state index in [1.165, 1.54) is 6.42 Å². The van der Waals surface area contributed by atoms with Gasteiger partial charge in [-0.05, 0) is 30.9 Å². The van der Waals surface area contributed by atoms with Gasteiger partial charge >= 0.3 is 0 Å². The third-order valence-corrected chi connectivity index (χ3v) is 5.63. The summed E-state index contributed by atoms with van der Waals surface area (Å²) in [5.74, 6) is 0.539. The van der Waals surface area contributed by atoms with Crippen LogP contribution >= 0.6 is 0 Å². The Hall–Kier alpha value is -0.830. The molecule has 0 radical (unpaired) electrons. The standard InChI is InChI=1S/C13H18O2S/c1-11-6-5-9-13(10-11)16(14,15)12-7-3-2-4-8-12/h2-4,7-8,11,13H,5-6,9-10H2,1H3/t11-,13+/m1/s1. The lowest BCUT2D eigenvalue weighted by Gasteiger charge is -2.26. The van der Waals surface area contributed by atoms with Crippen molar-refractivity contribution in [3.8, 4) is 0 Å². The Morgan fingerprint density at radius 1 is 1.12 bits per heavy atom.